The molecule has 2 rings (SSSR count). The molecule has 0 aliphatic carbocycles. The third-order valence-corrected chi connectivity index (χ3v) is 3.08. The van der Waals surface area contributed by atoms with Crippen LogP contribution in [0.4, 0.5) is 5.69 Å². The molecule has 0 heterocycles. The Morgan fingerprint density at radius 2 is 2.08 bits per heavy atom. The van der Waals surface area contributed by atoms with E-state index in [4.69, 9.17) is 9.84 Å². The maximum atomic E-state index is 11.7. The van der Waals surface area contributed by atoms with Gasteiger partial charge in [-0.1, -0.05) is 6.07 Å². The fraction of sp³-hybridized carbons (Fsp3) is 0.125. The largest absolute Gasteiger partial charge is 0.508 e. The van der Waals surface area contributed by atoms with Crippen LogP contribution < -0.4 is 10.2 Å². The van der Waals surface area contributed by atoms with Crippen LogP contribution in [0.3, 0.4) is 0 Å². The molecule has 130 valence electrons. The number of hydrogen-bond donors (Lipinski definition) is 3. The Morgan fingerprint density at radius 3 is 2.76 bits per heavy atom. The summed E-state index contributed by atoms with van der Waals surface area (Å²) in [5.74, 6) is -0.966. The molecule has 0 spiro atoms. The first kappa shape index (κ1) is 17.7. The first-order valence-electron chi connectivity index (χ1n) is 7.08. The summed E-state index contributed by atoms with van der Waals surface area (Å²) in [6.07, 6.45) is 1.18. The molecule has 0 saturated heterocycles. The van der Waals surface area contributed by atoms with Gasteiger partial charge in [0.2, 0.25) is 0 Å². The second kappa shape index (κ2) is 7.77. The first-order chi connectivity index (χ1) is 11.9. The number of nitro benzene ring substituents is 1. The van der Waals surface area contributed by atoms with Gasteiger partial charge in [-0.2, -0.15) is 5.10 Å². The van der Waals surface area contributed by atoms with E-state index in [1.807, 2.05) is 0 Å². The first-order valence-corrected chi connectivity index (χ1v) is 7.08. The molecule has 0 unspecified atom stereocenters. The van der Waals surface area contributed by atoms with Gasteiger partial charge in [-0.15, -0.1) is 0 Å². The average Bonchev–Trinajstić information content (AvgIpc) is 2.55. The Kier molecular flexibility index (Phi) is 5.51. The van der Waals surface area contributed by atoms with Crippen LogP contribution in [0.5, 0.6) is 17.2 Å². The Bertz CT molecular complexity index is 835. The van der Waals surface area contributed by atoms with Crippen LogP contribution in [-0.4, -0.2) is 33.9 Å². The van der Waals surface area contributed by atoms with Crippen molar-refractivity contribution >= 4 is 17.8 Å². The lowest BCUT2D eigenvalue weighted by Crippen LogP contribution is -2.24. The summed E-state index contributed by atoms with van der Waals surface area (Å²) < 4.78 is 5.15. The molecule has 25 heavy (non-hydrogen) atoms. The second-order valence-corrected chi connectivity index (χ2v) is 5.05. The Balaban J connectivity index is 1.93. The second-order valence-electron chi connectivity index (χ2n) is 5.05. The number of nitrogens with zero attached hydrogens (tertiary/aromatic N) is 2. The average molecular weight is 345 g/mol. The predicted octanol–water partition coefficient (Wildman–Crippen LogP) is 1.84. The summed E-state index contributed by atoms with van der Waals surface area (Å²) in [5, 5.41) is 33.3. The number of hydrogen-bond acceptors (Lipinski definition) is 7. The van der Waals surface area contributed by atoms with E-state index in [0.717, 1.165) is 6.07 Å². The molecule has 0 aromatic heterocycles. The molecular formula is C16H15N3O6. The van der Waals surface area contributed by atoms with Gasteiger partial charge in [0.05, 0.1) is 11.1 Å². The fourth-order valence-corrected chi connectivity index (χ4v) is 1.88. The predicted molar refractivity (Wildman–Crippen MR) is 88.8 cm³/mol. The van der Waals surface area contributed by atoms with Gasteiger partial charge in [0, 0.05) is 17.7 Å². The zero-order valence-corrected chi connectivity index (χ0v) is 13.2. The van der Waals surface area contributed by atoms with E-state index in [0.29, 0.717) is 5.56 Å². The summed E-state index contributed by atoms with van der Waals surface area (Å²) in [6, 6.07) is 8.28. The zero-order valence-electron chi connectivity index (χ0n) is 13.2. The number of carbonyl (C=O) groups excluding carboxylic acids is 1. The van der Waals surface area contributed by atoms with E-state index in [1.54, 1.807) is 13.0 Å². The van der Waals surface area contributed by atoms with Crippen LogP contribution in [0.2, 0.25) is 0 Å². The number of amides is 1. The molecule has 0 radical (unpaired) electrons. The molecule has 0 fully saturated rings. The summed E-state index contributed by atoms with van der Waals surface area (Å²) in [4.78, 5) is 22.0. The summed E-state index contributed by atoms with van der Waals surface area (Å²) >= 11 is 0. The van der Waals surface area contributed by atoms with Crippen molar-refractivity contribution in [3.8, 4) is 17.2 Å². The highest BCUT2D eigenvalue weighted by Gasteiger charge is 2.16. The standard InChI is InChI=1S/C16H15N3O6/c1-10-2-5-15(13(6-10)19(23)24)25-9-16(22)18-17-8-11-3-4-12(20)7-14(11)21/h2-8,20-21H,9H2,1H3,(H,18,22). The lowest BCUT2D eigenvalue weighted by molar-refractivity contribution is -0.385. The molecule has 0 bridgehead atoms. The molecule has 9 nitrogen and oxygen atoms in total. The molecular weight excluding hydrogens is 330 g/mol. The molecule has 3 N–H and O–H groups in total. The number of benzene rings is 2. The monoisotopic (exact) mass is 345 g/mol. The van der Waals surface area contributed by atoms with E-state index in [9.17, 15) is 20.0 Å². The van der Waals surface area contributed by atoms with Crippen LogP contribution in [-0.2, 0) is 4.79 Å². The van der Waals surface area contributed by atoms with E-state index in [1.165, 1.54) is 30.5 Å². The lowest BCUT2D eigenvalue weighted by atomic mass is 10.2. The molecule has 2 aromatic rings. The molecule has 0 saturated carbocycles. The van der Waals surface area contributed by atoms with E-state index >= 15 is 0 Å². The zero-order chi connectivity index (χ0) is 18.4. The number of hydrazone groups is 1. The molecule has 0 aliphatic heterocycles. The highest BCUT2D eigenvalue weighted by molar-refractivity contribution is 5.85. The smallest absolute Gasteiger partial charge is 0.311 e. The van der Waals surface area contributed by atoms with Crippen LogP contribution >= 0.6 is 0 Å². The minimum atomic E-state index is -0.635. The summed E-state index contributed by atoms with van der Waals surface area (Å²) in [7, 11) is 0. The topological polar surface area (TPSA) is 134 Å². The van der Waals surface area contributed by atoms with Crippen molar-refractivity contribution in [2.45, 2.75) is 6.92 Å². The number of phenolic OH excluding ortho intramolecular Hbond substituents is 2. The van der Waals surface area contributed by atoms with Crippen molar-refractivity contribution in [3.05, 3.63) is 57.6 Å². The van der Waals surface area contributed by atoms with Crippen LogP contribution in [0.15, 0.2) is 41.5 Å². The molecule has 1 amide bonds. The SMILES string of the molecule is Cc1ccc(OCC(=O)NN=Cc2ccc(O)cc2O)c([N+](=O)[O-])c1. The third kappa shape index (κ3) is 4.93. The highest BCUT2D eigenvalue weighted by Crippen LogP contribution is 2.27. The van der Waals surface area contributed by atoms with E-state index in [2.05, 4.69) is 10.5 Å². The van der Waals surface area contributed by atoms with Gasteiger partial charge >= 0.3 is 5.69 Å². The number of nitro groups is 1. The quantitative estimate of drug-likeness (QED) is 0.415. The van der Waals surface area contributed by atoms with Gasteiger partial charge < -0.3 is 14.9 Å². The van der Waals surface area contributed by atoms with Crippen molar-refractivity contribution in [1.82, 2.24) is 5.43 Å². The molecule has 9 heteroatoms. The Morgan fingerprint density at radius 1 is 1.32 bits per heavy atom. The number of ether oxygens (including phenoxy) is 1. The van der Waals surface area contributed by atoms with Crippen molar-refractivity contribution < 1.29 is 24.7 Å². The minimum absolute atomic E-state index is 0.0223. The van der Waals surface area contributed by atoms with Gasteiger partial charge in [0.1, 0.15) is 11.5 Å². The lowest BCUT2D eigenvalue weighted by Gasteiger charge is -2.06. The summed E-state index contributed by atoms with van der Waals surface area (Å²) in [5.41, 5.74) is 2.92. The minimum Gasteiger partial charge on any atom is -0.508 e. The third-order valence-electron chi connectivity index (χ3n) is 3.08. The number of carbonyl (C=O) groups is 1. The molecule has 0 atom stereocenters. The number of phenols is 2. The van der Waals surface area contributed by atoms with Gasteiger partial charge in [-0.25, -0.2) is 5.43 Å². The summed E-state index contributed by atoms with van der Waals surface area (Å²) in [6.45, 7) is 1.24. The van der Waals surface area contributed by atoms with E-state index < -0.39 is 17.4 Å². The number of rotatable bonds is 6. The van der Waals surface area contributed by atoms with Gasteiger partial charge in [-0.05, 0) is 30.7 Å². The van der Waals surface area contributed by atoms with Crippen LogP contribution in [0.25, 0.3) is 0 Å². The normalized spacial score (nSPS) is 10.6. The Labute approximate surface area is 142 Å². The van der Waals surface area contributed by atoms with Crippen molar-refractivity contribution in [2.24, 2.45) is 5.10 Å². The van der Waals surface area contributed by atoms with Crippen LogP contribution in [0.1, 0.15) is 11.1 Å². The van der Waals surface area contributed by atoms with Gasteiger partial charge in [-0.3, -0.25) is 14.9 Å². The number of nitrogens with one attached hydrogen (secondary N) is 1. The number of aryl methyl sites for hydroxylation is 1. The maximum Gasteiger partial charge on any atom is 0.311 e. The van der Waals surface area contributed by atoms with Crippen molar-refractivity contribution in [2.75, 3.05) is 6.61 Å². The molecule has 0 aliphatic rings. The Hall–Kier alpha value is -3.62. The van der Waals surface area contributed by atoms with Crippen LogP contribution in [0, 0.1) is 17.0 Å². The maximum absolute atomic E-state index is 11.7. The fourth-order valence-electron chi connectivity index (χ4n) is 1.88. The van der Waals surface area contributed by atoms with Crippen molar-refractivity contribution in [1.29, 1.82) is 0 Å². The van der Waals surface area contributed by atoms with E-state index in [-0.39, 0.29) is 28.5 Å². The van der Waals surface area contributed by atoms with Gasteiger partial charge in [0.25, 0.3) is 5.91 Å². The molecule has 2 aromatic carbocycles. The highest BCUT2D eigenvalue weighted by atomic mass is 16.6. The van der Waals surface area contributed by atoms with Crippen molar-refractivity contribution in [3.63, 3.8) is 0 Å². The number of aromatic hydroxyl groups is 2. The van der Waals surface area contributed by atoms with Gasteiger partial charge in [0.15, 0.2) is 12.4 Å².